The van der Waals surface area contributed by atoms with Crippen LogP contribution in [-0.2, 0) is 4.79 Å². The highest BCUT2D eigenvalue weighted by atomic mass is 16.1. The zero-order valence-electron chi connectivity index (χ0n) is 11.9. The zero-order chi connectivity index (χ0) is 14.0. The molecule has 0 saturated heterocycles. The number of nitrogens with two attached hydrogens (primary N) is 1. The molecule has 0 saturated carbocycles. The topological polar surface area (TPSA) is 58.7 Å². The Morgan fingerprint density at radius 2 is 2.11 bits per heavy atom. The van der Waals surface area contributed by atoms with E-state index in [9.17, 15) is 4.79 Å². The predicted molar refractivity (Wildman–Crippen MR) is 77.8 cm³/mol. The van der Waals surface area contributed by atoms with Crippen molar-refractivity contribution in [2.45, 2.75) is 33.2 Å². The van der Waals surface area contributed by atoms with Crippen molar-refractivity contribution in [3.8, 4) is 0 Å². The van der Waals surface area contributed by atoms with Crippen LogP contribution >= 0.6 is 0 Å². The highest BCUT2D eigenvalue weighted by Gasteiger charge is 2.16. The van der Waals surface area contributed by atoms with Gasteiger partial charge in [-0.2, -0.15) is 0 Å². The number of carbonyl (C=O) groups is 1. The van der Waals surface area contributed by atoms with Gasteiger partial charge in [-0.25, -0.2) is 0 Å². The molecule has 102 valence electrons. The zero-order valence-corrected chi connectivity index (χ0v) is 11.9. The summed E-state index contributed by atoms with van der Waals surface area (Å²) in [5.74, 6) is -0.402. The van der Waals surface area contributed by atoms with Crippen LogP contribution in [0.5, 0.6) is 0 Å². The van der Waals surface area contributed by atoms with Crippen molar-refractivity contribution in [2.75, 3.05) is 20.1 Å². The monoisotopic (exact) mass is 251 g/mol. The molecular weight excluding hydrogens is 226 g/mol. The van der Waals surface area contributed by atoms with E-state index in [1.807, 2.05) is 19.2 Å². The van der Waals surface area contributed by atoms with Gasteiger partial charge in [0.15, 0.2) is 0 Å². The van der Waals surface area contributed by atoms with Gasteiger partial charge in [0.05, 0.1) is 0 Å². The van der Waals surface area contributed by atoms with Gasteiger partial charge < -0.3 is 5.73 Å². The van der Waals surface area contributed by atoms with Gasteiger partial charge in [0.25, 0.3) is 0 Å². The van der Waals surface area contributed by atoms with Gasteiger partial charge in [0, 0.05) is 25.8 Å². The summed E-state index contributed by atoms with van der Waals surface area (Å²) >= 11 is 0. The van der Waals surface area contributed by atoms with E-state index in [2.05, 4.69) is 29.8 Å². The molecule has 0 radical (unpaired) electrons. The summed E-state index contributed by atoms with van der Waals surface area (Å²) in [5, 5.41) is 0. The fourth-order valence-corrected chi connectivity index (χ4v) is 1.99. The van der Waals surface area contributed by atoms with Crippen molar-refractivity contribution in [2.24, 2.45) is 10.7 Å². The predicted octanol–water partition coefficient (Wildman–Crippen LogP) is 1.78. The van der Waals surface area contributed by atoms with Crippen LogP contribution in [-0.4, -0.2) is 43.2 Å². The number of amides is 1. The minimum absolute atomic E-state index is 0.321. The van der Waals surface area contributed by atoms with Crippen molar-refractivity contribution in [1.82, 2.24) is 4.90 Å². The van der Waals surface area contributed by atoms with Crippen LogP contribution in [0, 0.1) is 0 Å². The quantitative estimate of drug-likeness (QED) is 0.528. The highest BCUT2D eigenvalue weighted by molar-refractivity contribution is 5.85. The first kappa shape index (κ1) is 16.6. The fraction of sp³-hybridized carbons (Fsp3) is 0.571. The van der Waals surface area contributed by atoms with Crippen LogP contribution in [0.25, 0.3) is 0 Å². The Morgan fingerprint density at radius 1 is 1.44 bits per heavy atom. The van der Waals surface area contributed by atoms with Gasteiger partial charge in [-0.1, -0.05) is 26.0 Å². The number of aliphatic imine (C=N–C) groups is 1. The summed E-state index contributed by atoms with van der Waals surface area (Å²) in [5.41, 5.74) is 6.29. The molecule has 4 nitrogen and oxygen atoms in total. The lowest BCUT2D eigenvalue weighted by atomic mass is 10.0. The molecule has 0 aromatic carbocycles. The van der Waals surface area contributed by atoms with Crippen LogP contribution in [0.1, 0.15) is 27.2 Å². The van der Waals surface area contributed by atoms with E-state index >= 15 is 0 Å². The molecule has 1 atom stereocenters. The maximum absolute atomic E-state index is 10.7. The highest BCUT2D eigenvalue weighted by Crippen LogP contribution is 2.13. The molecule has 0 aliphatic rings. The normalized spacial score (nSPS) is 14.8. The molecule has 0 rings (SSSR count). The molecule has 0 spiro atoms. The summed E-state index contributed by atoms with van der Waals surface area (Å²) in [4.78, 5) is 17.1. The molecule has 1 amide bonds. The van der Waals surface area contributed by atoms with E-state index in [0.29, 0.717) is 12.6 Å². The second kappa shape index (κ2) is 9.59. The largest absolute Gasteiger partial charge is 0.366 e. The Hall–Kier alpha value is -1.42. The van der Waals surface area contributed by atoms with Crippen molar-refractivity contribution in [1.29, 1.82) is 0 Å². The van der Waals surface area contributed by atoms with E-state index in [1.165, 1.54) is 11.6 Å². The lowest BCUT2D eigenvalue weighted by molar-refractivity contribution is -0.113. The summed E-state index contributed by atoms with van der Waals surface area (Å²) in [6.07, 6.45) is 8.21. The molecule has 1 unspecified atom stereocenters. The molecule has 0 aliphatic carbocycles. The van der Waals surface area contributed by atoms with Gasteiger partial charge >= 0.3 is 0 Å². The van der Waals surface area contributed by atoms with Crippen molar-refractivity contribution < 1.29 is 4.79 Å². The molecule has 4 heteroatoms. The van der Waals surface area contributed by atoms with Crippen molar-refractivity contribution in [3.63, 3.8) is 0 Å². The van der Waals surface area contributed by atoms with E-state index < -0.39 is 5.91 Å². The second-order valence-corrected chi connectivity index (χ2v) is 3.99. The van der Waals surface area contributed by atoms with Crippen LogP contribution in [0.15, 0.2) is 28.8 Å². The molecule has 0 bridgehead atoms. The fourth-order valence-electron chi connectivity index (χ4n) is 1.99. The SMILES string of the molecule is C/C=C(\C=NC)C(CC)N(CC)C/C=C/C(N)=O. The minimum atomic E-state index is -0.402. The third-order valence-electron chi connectivity index (χ3n) is 2.85. The van der Waals surface area contributed by atoms with E-state index in [1.54, 1.807) is 7.05 Å². The average Bonchev–Trinajstić information content (AvgIpc) is 2.35. The summed E-state index contributed by atoms with van der Waals surface area (Å²) < 4.78 is 0. The maximum atomic E-state index is 10.7. The molecule has 0 aromatic heterocycles. The third kappa shape index (κ3) is 5.77. The maximum Gasteiger partial charge on any atom is 0.241 e. The lowest BCUT2D eigenvalue weighted by Crippen LogP contribution is -2.37. The Kier molecular flexibility index (Phi) is 8.84. The first-order valence-electron chi connectivity index (χ1n) is 6.38. The number of rotatable bonds is 8. The number of likely N-dealkylation sites (N-methyl/N-ethyl adjacent to an activating group) is 1. The smallest absolute Gasteiger partial charge is 0.241 e. The van der Waals surface area contributed by atoms with Gasteiger partial charge in [-0.05, 0) is 31.5 Å². The first-order chi connectivity index (χ1) is 8.60. The first-order valence-corrected chi connectivity index (χ1v) is 6.38. The number of hydrogen-bond acceptors (Lipinski definition) is 3. The van der Waals surface area contributed by atoms with Crippen LogP contribution in [0.2, 0.25) is 0 Å². The Morgan fingerprint density at radius 3 is 2.50 bits per heavy atom. The van der Waals surface area contributed by atoms with Crippen molar-refractivity contribution >= 4 is 12.1 Å². The molecular formula is C14H25N3O. The van der Waals surface area contributed by atoms with Gasteiger partial charge in [0.1, 0.15) is 0 Å². The Balaban J connectivity index is 4.81. The molecule has 18 heavy (non-hydrogen) atoms. The Bertz CT molecular complexity index is 332. The average molecular weight is 251 g/mol. The van der Waals surface area contributed by atoms with Crippen molar-refractivity contribution in [3.05, 3.63) is 23.8 Å². The lowest BCUT2D eigenvalue weighted by Gasteiger charge is -2.29. The molecule has 0 heterocycles. The summed E-state index contributed by atoms with van der Waals surface area (Å²) in [7, 11) is 1.78. The molecule has 0 aliphatic heterocycles. The van der Waals surface area contributed by atoms with Gasteiger partial charge in [-0.15, -0.1) is 0 Å². The molecule has 0 aromatic rings. The standard InChI is InChI=1S/C14H25N3O/c1-5-12(11-16-4)13(6-2)17(7-3)10-8-9-14(15)18/h5,8-9,11,13H,6-7,10H2,1-4H3,(H2,15,18)/b9-8+,12-5+,16-11?. The van der Waals surface area contributed by atoms with E-state index in [0.717, 1.165) is 13.0 Å². The number of nitrogens with zero attached hydrogens (tertiary/aromatic N) is 2. The summed E-state index contributed by atoms with van der Waals surface area (Å²) in [6, 6.07) is 0.321. The number of allylic oxidation sites excluding steroid dienone is 1. The Labute approximate surface area is 110 Å². The van der Waals surface area contributed by atoms with Crippen LogP contribution < -0.4 is 5.73 Å². The number of primary amides is 1. The van der Waals surface area contributed by atoms with Gasteiger partial charge in [-0.3, -0.25) is 14.7 Å². The van der Waals surface area contributed by atoms with E-state index in [4.69, 9.17) is 5.73 Å². The van der Waals surface area contributed by atoms with Crippen LogP contribution in [0.4, 0.5) is 0 Å². The second-order valence-electron chi connectivity index (χ2n) is 3.99. The minimum Gasteiger partial charge on any atom is -0.366 e. The molecule has 2 N–H and O–H groups in total. The number of hydrogen-bond donors (Lipinski definition) is 1. The summed E-state index contributed by atoms with van der Waals surface area (Å²) in [6.45, 7) is 7.91. The van der Waals surface area contributed by atoms with Crippen LogP contribution in [0.3, 0.4) is 0 Å². The third-order valence-corrected chi connectivity index (χ3v) is 2.85. The molecule has 0 fully saturated rings. The van der Waals surface area contributed by atoms with E-state index in [-0.39, 0.29) is 0 Å². The number of carbonyl (C=O) groups excluding carboxylic acids is 1. The van der Waals surface area contributed by atoms with Gasteiger partial charge in [0.2, 0.25) is 5.91 Å².